The average Bonchev–Trinajstić information content (AvgIpc) is 3.62. The van der Waals surface area contributed by atoms with Crippen molar-refractivity contribution < 1.29 is 9.18 Å². The molecule has 2 atom stereocenters. The number of fused-ring (bicyclic) bond motifs is 4. The number of hydrogen-bond donors (Lipinski definition) is 1. The van der Waals surface area contributed by atoms with Gasteiger partial charge in [0.2, 0.25) is 5.91 Å². The number of anilines is 1. The molecule has 14 heteroatoms. The minimum atomic E-state index is -0.746. The van der Waals surface area contributed by atoms with Gasteiger partial charge in [0.15, 0.2) is 5.82 Å². The Balaban J connectivity index is 1.46. The van der Waals surface area contributed by atoms with Crippen LogP contribution in [0.3, 0.4) is 0 Å². The molecule has 1 aliphatic rings. The van der Waals surface area contributed by atoms with Crippen LogP contribution in [0.5, 0.6) is 0 Å². The molecule has 0 saturated heterocycles. The minimum absolute atomic E-state index is 0.00330. The number of nitrogens with zero attached hydrogens (tertiary/aromatic N) is 9. The number of halogens is 2. The molecule has 1 aliphatic heterocycles. The predicted molar refractivity (Wildman–Crippen MR) is 148 cm³/mol. The molecule has 6 rings (SSSR count). The molecular weight excluding hydrogens is 551 g/mol. The molecular formula is C27H24ClFN10O2. The minimum Gasteiger partial charge on any atom is -0.323 e. The summed E-state index contributed by atoms with van der Waals surface area (Å²) in [5.41, 5.74) is 2.70. The molecule has 0 fully saturated rings. The first-order chi connectivity index (χ1) is 19.8. The summed E-state index contributed by atoms with van der Waals surface area (Å²) in [5, 5.41) is 18.3. The highest BCUT2D eigenvalue weighted by Gasteiger charge is 2.25. The van der Waals surface area contributed by atoms with Gasteiger partial charge in [-0.2, -0.15) is 9.78 Å². The maximum Gasteiger partial charge on any atom is 0.254 e. The number of hydrogen-bond acceptors (Lipinski definition) is 8. The lowest BCUT2D eigenvalue weighted by molar-refractivity contribution is -0.119. The van der Waals surface area contributed by atoms with Crippen LogP contribution in [0.25, 0.3) is 28.2 Å². The van der Waals surface area contributed by atoms with Crippen LogP contribution < -0.4 is 10.9 Å². The summed E-state index contributed by atoms with van der Waals surface area (Å²) >= 11 is 6.09. The monoisotopic (exact) mass is 574 g/mol. The van der Waals surface area contributed by atoms with E-state index in [0.717, 1.165) is 11.3 Å². The fraction of sp³-hybridized carbons (Fsp3) is 0.259. The zero-order valence-corrected chi connectivity index (χ0v) is 22.8. The number of carbonyl (C=O) groups is 1. The van der Waals surface area contributed by atoms with E-state index in [9.17, 15) is 9.59 Å². The third-order valence-corrected chi connectivity index (χ3v) is 7.54. The molecule has 1 N–H and O–H groups in total. The number of nitrogens with one attached hydrogen (secondary N) is 1. The van der Waals surface area contributed by atoms with E-state index in [-0.39, 0.29) is 33.8 Å². The van der Waals surface area contributed by atoms with Crippen LogP contribution in [0.1, 0.15) is 37.9 Å². The van der Waals surface area contributed by atoms with E-state index in [2.05, 4.69) is 35.9 Å². The number of tetrazole rings is 1. The first-order valence-corrected chi connectivity index (χ1v) is 13.3. The van der Waals surface area contributed by atoms with E-state index < -0.39 is 17.4 Å². The summed E-state index contributed by atoms with van der Waals surface area (Å²) < 4.78 is 19.7. The highest BCUT2D eigenvalue weighted by molar-refractivity contribution is 6.31. The van der Waals surface area contributed by atoms with Gasteiger partial charge in [0.05, 0.1) is 57.6 Å². The first kappa shape index (κ1) is 26.4. The van der Waals surface area contributed by atoms with E-state index in [1.54, 1.807) is 30.2 Å². The van der Waals surface area contributed by atoms with Crippen molar-refractivity contribution in [3.05, 3.63) is 82.3 Å². The van der Waals surface area contributed by atoms with Crippen LogP contribution >= 0.6 is 11.6 Å². The molecule has 0 aliphatic carbocycles. The van der Waals surface area contributed by atoms with Crippen molar-refractivity contribution in [3.63, 3.8) is 0 Å². The fourth-order valence-corrected chi connectivity index (χ4v) is 5.27. The van der Waals surface area contributed by atoms with E-state index in [4.69, 9.17) is 11.6 Å². The second-order valence-corrected chi connectivity index (χ2v) is 10.3. The molecule has 2 unspecified atom stereocenters. The van der Waals surface area contributed by atoms with Crippen LogP contribution in [0.2, 0.25) is 5.02 Å². The molecule has 12 nitrogen and oxygen atoms in total. The standard InChI is InChI=1S/C27H24ClFN10O2/c1-15-4-3-5-21(18-10-16(8-9-30-18)26-20(34-27(15)41)12-33-37(26)2)38-13-31-19(11-23(38)40)24-22(39-14-32-35-36-39)7-6-17(28)25(24)29/h6-15,21H,3-5H2,1-2H3,(H,34,41). The molecule has 0 spiro atoms. The van der Waals surface area contributed by atoms with Gasteiger partial charge in [-0.05, 0) is 47.5 Å². The van der Waals surface area contributed by atoms with Crippen molar-refractivity contribution >= 4 is 23.2 Å². The predicted octanol–water partition coefficient (Wildman–Crippen LogP) is 3.82. The number of amides is 1. The Hall–Kier alpha value is -4.78. The molecule has 208 valence electrons. The summed E-state index contributed by atoms with van der Waals surface area (Å²) in [6.07, 6.45) is 7.75. The summed E-state index contributed by atoms with van der Waals surface area (Å²) in [6, 6.07) is 7.42. The Morgan fingerprint density at radius 3 is 2.73 bits per heavy atom. The Kier molecular flexibility index (Phi) is 6.87. The average molecular weight is 575 g/mol. The van der Waals surface area contributed by atoms with Gasteiger partial charge in [-0.25, -0.2) is 9.37 Å². The van der Waals surface area contributed by atoms with Crippen LogP contribution in [0.15, 0.2) is 60.2 Å². The molecule has 41 heavy (non-hydrogen) atoms. The van der Waals surface area contributed by atoms with Crippen LogP contribution in [0.4, 0.5) is 10.1 Å². The number of pyridine rings is 1. The number of benzene rings is 1. The SMILES string of the molecule is CC1CCCC(n2cnc(-c3c(-n4cnnn4)ccc(Cl)c3F)cc2=O)c2cc(ccn2)-c2c(cnn2C)NC1=O. The molecule has 5 aromatic rings. The summed E-state index contributed by atoms with van der Waals surface area (Å²) in [5.74, 6) is -1.11. The Labute approximate surface area is 237 Å². The summed E-state index contributed by atoms with van der Waals surface area (Å²) in [6.45, 7) is 1.87. The first-order valence-electron chi connectivity index (χ1n) is 12.9. The topological polar surface area (TPSA) is 138 Å². The van der Waals surface area contributed by atoms with Gasteiger partial charge in [0.25, 0.3) is 5.56 Å². The van der Waals surface area contributed by atoms with Crippen LogP contribution in [0, 0.1) is 11.7 Å². The zero-order valence-electron chi connectivity index (χ0n) is 22.1. The van der Waals surface area contributed by atoms with E-state index in [0.29, 0.717) is 30.6 Å². The van der Waals surface area contributed by atoms with Crippen molar-refractivity contribution in [1.82, 2.24) is 44.5 Å². The molecule has 5 heterocycles. The normalized spacial score (nSPS) is 17.3. The Bertz CT molecular complexity index is 1820. The fourth-order valence-electron chi connectivity index (χ4n) is 5.11. The van der Waals surface area contributed by atoms with E-state index in [1.165, 1.54) is 34.0 Å². The van der Waals surface area contributed by atoms with Gasteiger partial charge in [-0.3, -0.25) is 23.8 Å². The van der Waals surface area contributed by atoms with Gasteiger partial charge in [-0.15, -0.1) is 5.10 Å². The molecule has 1 aromatic carbocycles. The van der Waals surface area contributed by atoms with Gasteiger partial charge < -0.3 is 5.32 Å². The lowest BCUT2D eigenvalue weighted by Gasteiger charge is -2.22. The van der Waals surface area contributed by atoms with Gasteiger partial charge in [0.1, 0.15) is 6.33 Å². The second-order valence-electron chi connectivity index (χ2n) is 9.87. The lowest BCUT2D eigenvalue weighted by atomic mass is 9.97. The lowest BCUT2D eigenvalue weighted by Crippen LogP contribution is -2.27. The van der Waals surface area contributed by atoms with Gasteiger partial charge in [-0.1, -0.05) is 24.9 Å². The maximum absolute atomic E-state index is 15.3. The molecule has 1 amide bonds. The van der Waals surface area contributed by atoms with Crippen molar-refractivity contribution in [1.29, 1.82) is 0 Å². The maximum atomic E-state index is 15.3. The third-order valence-electron chi connectivity index (χ3n) is 7.25. The number of rotatable bonds is 3. The molecule has 4 aromatic heterocycles. The van der Waals surface area contributed by atoms with Gasteiger partial charge >= 0.3 is 0 Å². The molecule has 2 bridgehead atoms. The number of aromatic nitrogens is 9. The third kappa shape index (κ3) is 4.88. The highest BCUT2D eigenvalue weighted by atomic mass is 35.5. The van der Waals surface area contributed by atoms with Gasteiger partial charge in [0, 0.05) is 30.8 Å². The molecule has 0 saturated carbocycles. The van der Waals surface area contributed by atoms with Crippen LogP contribution in [-0.2, 0) is 11.8 Å². The van der Waals surface area contributed by atoms with E-state index in [1.807, 2.05) is 19.1 Å². The summed E-state index contributed by atoms with van der Waals surface area (Å²) in [7, 11) is 1.80. The summed E-state index contributed by atoms with van der Waals surface area (Å²) in [4.78, 5) is 35.6. The van der Waals surface area contributed by atoms with Crippen LogP contribution in [-0.4, -0.2) is 50.4 Å². The zero-order chi connectivity index (χ0) is 28.7. The highest BCUT2D eigenvalue weighted by Crippen LogP contribution is 2.34. The second kappa shape index (κ2) is 10.7. The quantitative estimate of drug-likeness (QED) is 0.343. The van der Waals surface area contributed by atoms with Crippen molar-refractivity contribution in [2.45, 2.75) is 32.2 Å². The smallest absolute Gasteiger partial charge is 0.254 e. The van der Waals surface area contributed by atoms with Crippen molar-refractivity contribution in [2.24, 2.45) is 13.0 Å². The van der Waals surface area contributed by atoms with Crippen molar-refractivity contribution in [3.8, 4) is 28.2 Å². The largest absolute Gasteiger partial charge is 0.323 e. The Morgan fingerprint density at radius 2 is 1.95 bits per heavy atom. The van der Waals surface area contributed by atoms with E-state index >= 15 is 4.39 Å². The number of carbonyl (C=O) groups excluding carboxylic acids is 1. The van der Waals surface area contributed by atoms with Crippen molar-refractivity contribution in [2.75, 3.05) is 5.32 Å². The Morgan fingerprint density at radius 1 is 1.10 bits per heavy atom. The number of aryl methyl sites for hydroxylation is 1. The molecule has 0 radical (unpaired) electrons.